The van der Waals surface area contributed by atoms with Gasteiger partial charge in [0.15, 0.2) is 11.6 Å². The average Bonchev–Trinajstić information content (AvgIpc) is 3.33. The molecule has 3 aromatic rings. The molecule has 0 spiro atoms. The van der Waals surface area contributed by atoms with Crippen molar-refractivity contribution in [3.63, 3.8) is 0 Å². The molecule has 2 saturated heterocycles. The lowest BCUT2D eigenvalue weighted by molar-refractivity contribution is 0.0695. The monoisotopic (exact) mass is 409 g/mol. The third kappa shape index (κ3) is 2.98. The fourth-order valence-corrected chi connectivity index (χ4v) is 4.46. The Labute approximate surface area is 170 Å². The Morgan fingerprint density at radius 3 is 2.87 bits per heavy atom. The maximum atomic E-state index is 15.0. The first kappa shape index (κ1) is 18.6. The number of nitrogens with one attached hydrogen (secondary N) is 1. The number of nitrogens with zero attached hydrogens (tertiary/aromatic N) is 3. The Morgan fingerprint density at radius 2 is 2.20 bits per heavy atom. The number of hydrogen-bond donors (Lipinski definition) is 3. The van der Waals surface area contributed by atoms with Crippen LogP contribution in [0.1, 0.15) is 22.3 Å². The Kier molecular flexibility index (Phi) is 4.21. The van der Waals surface area contributed by atoms with E-state index in [4.69, 9.17) is 5.73 Å². The maximum Gasteiger partial charge on any atom is 0.341 e. The number of halogens is 1. The van der Waals surface area contributed by atoms with Crippen molar-refractivity contribution < 1.29 is 14.3 Å². The summed E-state index contributed by atoms with van der Waals surface area (Å²) in [4.78, 5) is 30.8. The second-order valence-electron chi connectivity index (χ2n) is 7.86. The Balaban J connectivity index is 1.70. The Hall–Kier alpha value is -3.46. The number of hydrogen-bond acceptors (Lipinski definition) is 6. The van der Waals surface area contributed by atoms with Crippen LogP contribution in [0.4, 0.5) is 15.9 Å². The SMILES string of the molecule is Nc1cccc(Cn2cc(C(=O)O)c(=O)c3cc(F)c(N4CC5CC4CN5)nc32)c1. The summed E-state index contributed by atoms with van der Waals surface area (Å²) in [5.74, 6) is -1.79. The Morgan fingerprint density at radius 1 is 1.37 bits per heavy atom. The van der Waals surface area contributed by atoms with Crippen molar-refractivity contribution in [2.75, 3.05) is 23.7 Å². The van der Waals surface area contributed by atoms with Crippen LogP contribution in [-0.4, -0.2) is 45.8 Å². The standard InChI is InChI=1S/C21H20FN5O3/c22-17-6-15-18(28)16(21(29)30)10-26(8-11-2-1-3-12(23)4-11)19(15)25-20(17)27-9-13-5-14(27)7-24-13/h1-4,6,10,13-14,24H,5,7-9,23H2,(H,29,30). The molecular weight excluding hydrogens is 389 g/mol. The predicted octanol–water partition coefficient (Wildman–Crippen LogP) is 1.41. The van der Waals surface area contributed by atoms with Gasteiger partial charge in [-0.2, -0.15) is 0 Å². The number of benzene rings is 1. The molecule has 30 heavy (non-hydrogen) atoms. The molecule has 2 atom stereocenters. The number of pyridine rings is 2. The molecule has 2 aliphatic heterocycles. The number of carboxylic acids is 1. The summed E-state index contributed by atoms with van der Waals surface area (Å²) < 4.78 is 16.6. The molecule has 0 amide bonds. The molecule has 2 bridgehead atoms. The molecule has 5 rings (SSSR count). The predicted molar refractivity (Wildman–Crippen MR) is 110 cm³/mol. The summed E-state index contributed by atoms with van der Waals surface area (Å²) in [7, 11) is 0. The van der Waals surface area contributed by atoms with Gasteiger partial charge in [-0.25, -0.2) is 14.2 Å². The molecule has 0 saturated carbocycles. The molecule has 9 heteroatoms. The largest absolute Gasteiger partial charge is 0.477 e. The van der Waals surface area contributed by atoms with Gasteiger partial charge in [-0.05, 0) is 30.2 Å². The Bertz CT molecular complexity index is 1240. The summed E-state index contributed by atoms with van der Waals surface area (Å²) in [5, 5.41) is 12.8. The molecule has 8 nitrogen and oxygen atoms in total. The van der Waals surface area contributed by atoms with Gasteiger partial charge in [0.25, 0.3) is 0 Å². The zero-order chi connectivity index (χ0) is 21.0. The molecule has 2 aromatic heterocycles. The van der Waals surface area contributed by atoms with Crippen LogP contribution in [0.2, 0.25) is 0 Å². The van der Waals surface area contributed by atoms with Crippen LogP contribution in [0, 0.1) is 5.82 Å². The third-order valence-corrected chi connectivity index (χ3v) is 5.85. The summed E-state index contributed by atoms with van der Waals surface area (Å²) in [6, 6.07) is 8.72. The number of anilines is 2. The lowest BCUT2D eigenvalue weighted by Crippen LogP contribution is -2.44. The third-order valence-electron chi connectivity index (χ3n) is 5.85. The normalized spacial score (nSPS) is 20.2. The van der Waals surface area contributed by atoms with Crippen LogP contribution in [0.3, 0.4) is 0 Å². The summed E-state index contributed by atoms with van der Waals surface area (Å²) in [6.07, 6.45) is 2.19. The maximum absolute atomic E-state index is 15.0. The number of aromatic carboxylic acids is 1. The zero-order valence-electron chi connectivity index (χ0n) is 16.0. The highest BCUT2D eigenvalue weighted by molar-refractivity contribution is 5.92. The number of aromatic nitrogens is 2. The summed E-state index contributed by atoms with van der Waals surface area (Å²) in [5.41, 5.74) is 6.31. The summed E-state index contributed by atoms with van der Waals surface area (Å²) in [6.45, 7) is 1.65. The number of nitrogens with two attached hydrogens (primary N) is 1. The fraction of sp³-hybridized carbons (Fsp3) is 0.286. The molecule has 2 aliphatic rings. The minimum atomic E-state index is -1.37. The van der Waals surface area contributed by atoms with Crippen LogP contribution >= 0.6 is 0 Å². The van der Waals surface area contributed by atoms with Gasteiger partial charge in [0.05, 0.1) is 5.39 Å². The van der Waals surface area contributed by atoms with Gasteiger partial charge in [0.1, 0.15) is 11.2 Å². The van der Waals surface area contributed by atoms with E-state index < -0.39 is 22.8 Å². The molecule has 1 aromatic carbocycles. The van der Waals surface area contributed by atoms with Crippen molar-refractivity contribution in [1.82, 2.24) is 14.9 Å². The molecule has 2 unspecified atom stereocenters. The highest BCUT2D eigenvalue weighted by atomic mass is 19.1. The number of carboxylic acid groups (broad SMARTS) is 1. The molecule has 154 valence electrons. The van der Waals surface area contributed by atoms with Crippen LogP contribution < -0.4 is 21.4 Å². The summed E-state index contributed by atoms with van der Waals surface area (Å²) >= 11 is 0. The number of nitrogen functional groups attached to an aromatic ring is 1. The smallest absolute Gasteiger partial charge is 0.341 e. The van der Waals surface area contributed by atoms with E-state index in [1.807, 2.05) is 11.0 Å². The molecular formula is C21H20FN5O3. The van der Waals surface area contributed by atoms with Crippen LogP contribution in [0.15, 0.2) is 41.3 Å². The van der Waals surface area contributed by atoms with Crippen molar-refractivity contribution in [3.05, 3.63) is 63.7 Å². The lowest BCUT2D eigenvalue weighted by Gasteiger charge is -2.29. The number of rotatable bonds is 4. The number of piperazine rings is 1. The van der Waals surface area contributed by atoms with E-state index in [1.165, 1.54) is 6.20 Å². The number of carbonyl (C=O) groups is 1. The quantitative estimate of drug-likeness (QED) is 0.559. The second-order valence-corrected chi connectivity index (χ2v) is 7.86. The van der Waals surface area contributed by atoms with Gasteiger partial charge >= 0.3 is 5.97 Å². The van der Waals surface area contributed by atoms with Crippen LogP contribution in [0.25, 0.3) is 11.0 Å². The van der Waals surface area contributed by atoms with Gasteiger partial charge in [-0.15, -0.1) is 0 Å². The zero-order valence-corrected chi connectivity index (χ0v) is 16.0. The van der Waals surface area contributed by atoms with Crippen molar-refractivity contribution >= 4 is 28.5 Å². The van der Waals surface area contributed by atoms with Crippen molar-refractivity contribution in [1.29, 1.82) is 0 Å². The topological polar surface area (TPSA) is 113 Å². The highest BCUT2D eigenvalue weighted by Gasteiger charge is 2.39. The van der Waals surface area contributed by atoms with Crippen LogP contribution in [0.5, 0.6) is 0 Å². The second kappa shape index (κ2) is 6.81. The van der Waals surface area contributed by atoms with E-state index in [9.17, 15) is 19.1 Å². The van der Waals surface area contributed by atoms with Gasteiger partial charge in [0.2, 0.25) is 5.43 Å². The van der Waals surface area contributed by atoms with E-state index in [-0.39, 0.29) is 29.4 Å². The minimum absolute atomic E-state index is 0.0532. The lowest BCUT2D eigenvalue weighted by atomic mass is 10.1. The fourth-order valence-electron chi connectivity index (χ4n) is 4.46. The molecule has 4 heterocycles. The van der Waals surface area contributed by atoms with Crippen molar-refractivity contribution in [3.8, 4) is 0 Å². The van der Waals surface area contributed by atoms with E-state index in [1.54, 1.807) is 22.8 Å². The molecule has 4 N–H and O–H groups in total. The van der Waals surface area contributed by atoms with E-state index in [0.717, 1.165) is 24.6 Å². The molecule has 2 fully saturated rings. The first-order valence-electron chi connectivity index (χ1n) is 9.72. The van der Waals surface area contributed by atoms with Gasteiger partial charge in [0, 0.05) is 43.6 Å². The van der Waals surface area contributed by atoms with Crippen molar-refractivity contribution in [2.45, 2.75) is 25.0 Å². The molecule has 0 radical (unpaired) electrons. The van der Waals surface area contributed by atoms with E-state index in [0.29, 0.717) is 18.3 Å². The van der Waals surface area contributed by atoms with Crippen molar-refractivity contribution in [2.24, 2.45) is 0 Å². The average molecular weight is 409 g/mol. The first-order chi connectivity index (χ1) is 14.4. The van der Waals surface area contributed by atoms with Gasteiger partial charge in [-0.1, -0.05) is 12.1 Å². The van der Waals surface area contributed by atoms with E-state index >= 15 is 0 Å². The van der Waals surface area contributed by atoms with E-state index in [2.05, 4.69) is 10.3 Å². The molecule has 0 aliphatic carbocycles. The van der Waals surface area contributed by atoms with Gasteiger partial charge < -0.3 is 25.6 Å². The van der Waals surface area contributed by atoms with Crippen LogP contribution in [-0.2, 0) is 6.54 Å². The highest BCUT2D eigenvalue weighted by Crippen LogP contribution is 2.31. The first-order valence-corrected chi connectivity index (χ1v) is 9.72. The number of fused-ring (bicyclic) bond motifs is 3. The minimum Gasteiger partial charge on any atom is -0.477 e. The van der Waals surface area contributed by atoms with Gasteiger partial charge in [-0.3, -0.25) is 4.79 Å².